The molecule has 0 bridgehead atoms. The number of carbonyl (C=O) groups is 3. The standard InChI is InChI=1S/C56H81N3O5/c1-10-11-32-63-47(60)38-33-39(50(38,2)3)48(61)64-44-23-24-53(7)42(51(44,4)5)22-25-55(9)43(53)20-19-37-45-36(52(6)27-28-52)21-26-56(45,30-29-54(37,55)8)49(62)59-31-15-18-41(59)46-57-34-40(58-46)35-16-13-12-14-17-35/h12-14,16-17,34,36-39,41-45H,10-11,15,18-33H2,1-9H3,(H,57,58)/t36-,37-,38?,39?,41+,42+,43-,44+,45-,53+,54-,55-,56+/m1/s1. The van der Waals surface area contributed by atoms with E-state index in [4.69, 9.17) is 14.5 Å². The van der Waals surface area contributed by atoms with Gasteiger partial charge in [0.25, 0.3) is 0 Å². The van der Waals surface area contributed by atoms with Crippen molar-refractivity contribution in [2.45, 2.75) is 184 Å². The smallest absolute Gasteiger partial charge is 0.309 e. The highest BCUT2D eigenvalue weighted by Crippen LogP contribution is 2.79. The van der Waals surface area contributed by atoms with Gasteiger partial charge >= 0.3 is 11.9 Å². The lowest BCUT2D eigenvalue weighted by molar-refractivity contribution is -0.253. The third kappa shape index (κ3) is 6.44. The van der Waals surface area contributed by atoms with Gasteiger partial charge in [-0.2, -0.15) is 0 Å². The number of H-pyrrole nitrogens is 1. The Hall–Kier alpha value is -3.16. The lowest BCUT2D eigenvalue weighted by atomic mass is 9.32. The van der Waals surface area contributed by atoms with E-state index in [1.54, 1.807) is 0 Å². The van der Waals surface area contributed by atoms with Crippen LogP contribution in [0.15, 0.2) is 36.5 Å². The molecular weight excluding hydrogens is 795 g/mol. The summed E-state index contributed by atoms with van der Waals surface area (Å²) in [6.45, 7) is 22.9. The number of esters is 2. The van der Waals surface area contributed by atoms with Crippen molar-refractivity contribution >= 4 is 17.8 Å². The Morgan fingerprint density at radius 3 is 2.22 bits per heavy atom. The minimum absolute atomic E-state index is 0.0151. The van der Waals surface area contributed by atoms with Crippen LogP contribution in [-0.2, 0) is 23.9 Å². The average Bonchev–Trinajstić information content (AvgIpc) is 3.64. The molecule has 8 aliphatic rings. The minimum Gasteiger partial charge on any atom is -0.465 e. The van der Waals surface area contributed by atoms with Gasteiger partial charge in [0.1, 0.15) is 11.9 Å². The molecule has 13 atom stereocenters. The van der Waals surface area contributed by atoms with E-state index in [2.05, 4.69) is 88.7 Å². The van der Waals surface area contributed by atoms with E-state index in [1.165, 1.54) is 38.5 Å². The summed E-state index contributed by atoms with van der Waals surface area (Å²) in [5.41, 5.74) is 2.14. The molecule has 1 amide bonds. The second-order valence-corrected chi connectivity index (χ2v) is 25.3. The molecule has 2 heterocycles. The molecule has 2 aromatic rings. The number of amides is 1. The summed E-state index contributed by atoms with van der Waals surface area (Å²) in [5.74, 6) is 3.28. The largest absolute Gasteiger partial charge is 0.465 e. The molecule has 1 aliphatic heterocycles. The van der Waals surface area contributed by atoms with Crippen LogP contribution in [0.5, 0.6) is 0 Å². The Morgan fingerprint density at radius 2 is 1.50 bits per heavy atom. The molecule has 8 heteroatoms. The molecule has 1 saturated heterocycles. The summed E-state index contributed by atoms with van der Waals surface area (Å²) >= 11 is 0. The Kier molecular flexibility index (Phi) is 10.8. The van der Waals surface area contributed by atoms with Crippen molar-refractivity contribution < 1.29 is 23.9 Å². The molecule has 1 N–H and O–H groups in total. The number of hydrogen-bond donors (Lipinski definition) is 1. The number of imidazole rings is 1. The number of nitrogens with one attached hydrogen (secondary N) is 1. The summed E-state index contributed by atoms with van der Waals surface area (Å²) in [5, 5.41) is 0. The van der Waals surface area contributed by atoms with Crippen LogP contribution in [0.3, 0.4) is 0 Å². The van der Waals surface area contributed by atoms with Gasteiger partial charge in [-0.3, -0.25) is 14.4 Å². The van der Waals surface area contributed by atoms with Crippen molar-refractivity contribution in [2.75, 3.05) is 13.2 Å². The first kappa shape index (κ1) is 44.7. The van der Waals surface area contributed by atoms with Gasteiger partial charge in [-0.05, 0) is 165 Å². The number of aromatic nitrogens is 2. The topological polar surface area (TPSA) is 102 Å². The summed E-state index contributed by atoms with van der Waals surface area (Å²) in [4.78, 5) is 53.6. The minimum atomic E-state index is -0.464. The SMILES string of the molecule is CCCCOC(=O)C1CC(C(=O)O[C@H]2CC[C@]3(C)[C@H]4CC[C@@H]5[C@H]6[C@H](C7(C)CC7)CC[C@]6(C(=O)N6CCC[C@H]6c6ncc(-c7ccccc7)[nH]6)CC[C@@]5(C)[C@]4(C)CC[C@H]3C2(C)C)C1(C)C. The van der Waals surface area contributed by atoms with Crippen LogP contribution in [0.2, 0.25) is 0 Å². The molecule has 350 valence electrons. The maximum absolute atomic E-state index is 15.7. The van der Waals surface area contributed by atoms with Gasteiger partial charge in [0.05, 0.1) is 41.8 Å². The van der Waals surface area contributed by atoms with Gasteiger partial charge in [0, 0.05) is 12.0 Å². The number of benzene rings is 1. The summed E-state index contributed by atoms with van der Waals surface area (Å²) < 4.78 is 12.2. The van der Waals surface area contributed by atoms with Gasteiger partial charge in [0.15, 0.2) is 0 Å². The monoisotopic (exact) mass is 876 g/mol. The van der Waals surface area contributed by atoms with Gasteiger partial charge in [-0.1, -0.05) is 99.1 Å². The molecule has 7 saturated carbocycles. The zero-order valence-electron chi connectivity index (χ0n) is 41.0. The Bertz CT molecular complexity index is 2120. The molecule has 0 radical (unpaired) electrons. The summed E-state index contributed by atoms with van der Waals surface area (Å²) in [6, 6.07) is 10.5. The fraction of sp³-hybridized carbons (Fsp3) is 0.786. The zero-order valence-corrected chi connectivity index (χ0v) is 41.0. The van der Waals surface area contributed by atoms with Crippen molar-refractivity contribution in [1.82, 2.24) is 14.9 Å². The number of aromatic amines is 1. The first-order chi connectivity index (χ1) is 30.4. The Labute approximate surface area is 384 Å². The first-order valence-corrected chi connectivity index (χ1v) is 26.1. The summed E-state index contributed by atoms with van der Waals surface area (Å²) in [7, 11) is 0. The normalized spacial score (nSPS) is 42.3. The van der Waals surface area contributed by atoms with Crippen LogP contribution < -0.4 is 0 Å². The first-order valence-electron chi connectivity index (χ1n) is 26.1. The fourth-order valence-electron chi connectivity index (χ4n) is 17.7. The van der Waals surface area contributed by atoms with E-state index in [0.717, 1.165) is 87.8 Å². The van der Waals surface area contributed by atoms with Gasteiger partial charge in [0.2, 0.25) is 5.91 Å². The molecule has 1 aromatic carbocycles. The highest BCUT2D eigenvalue weighted by atomic mass is 16.5. The number of carbonyl (C=O) groups excluding carboxylic acids is 3. The molecule has 64 heavy (non-hydrogen) atoms. The van der Waals surface area contributed by atoms with E-state index >= 15 is 4.79 Å². The van der Waals surface area contributed by atoms with E-state index in [1.807, 2.05) is 20.0 Å². The van der Waals surface area contributed by atoms with Crippen LogP contribution in [0, 0.1) is 79.3 Å². The second-order valence-electron chi connectivity index (χ2n) is 25.3. The molecular formula is C56H81N3O5. The molecule has 10 rings (SSSR count). The highest BCUT2D eigenvalue weighted by Gasteiger charge is 2.74. The van der Waals surface area contributed by atoms with Crippen LogP contribution in [0.1, 0.15) is 183 Å². The maximum atomic E-state index is 15.7. The quantitative estimate of drug-likeness (QED) is 0.188. The number of rotatable bonds is 10. The number of likely N-dealkylation sites (tertiary alicyclic amines) is 1. The number of fused-ring (bicyclic) bond motifs is 7. The Morgan fingerprint density at radius 1 is 0.750 bits per heavy atom. The van der Waals surface area contributed by atoms with E-state index in [9.17, 15) is 9.59 Å². The summed E-state index contributed by atoms with van der Waals surface area (Å²) in [6.07, 6.45) is 20.1. The molecule has 8 fully saturated rings. The van der Waals surface area contributed by atoms with Crippen molar-refractivity contribution in [3.05, 3.63) is 42.4 Å². The average molecular weight is 876 g/mol. The van der Waals surface area contributed by atoms with Crippen LogP contribution >= 0.6 is 0 Å². The number of ether oxygens (including phenoxy) is 2. The fourth-order valence-corrected chi connectivity index (χ4v) is 17.7. The number of hydrogen-bond acceptors (Lipinski definition) is 6. The van der Waals surface area contributed by atoms with E-state index < -0.39 is 5.41 Å². The van der Waals surface area contributed by atoms with Crippen molar-refractivity contribution in [3.8, 4) is 11.3 Å². The van der Waals surface area contributed by atoms with Gasteiger partial charge in [-0.25, -0.2) is 4.98 Å². The predicted molar refractivity (Wildman–Crippen MR) is 250 cm³/mol. The second kappa shape index (κ2) is 15.4. The van der Waals surface area contributed by atoms with Crippen LogP contribution in [0.4, 0.5) is 0 Å². The molecule has 0 spiro atoms. The molecule has 7 aliphatic carbocycles. The lowest BCUT2D eigenvalue weighted by Crippen LogP contribution is -2.67. The molecule has 2 unspecified atom stereocenters. The highest BCUT2D eigenvalue weighted by molar-refractivity contribution is 5.85. The van der Waals surface area contributed by atoms with Crippen LogP contribution in [0.25, 0.3) is 11.3 Å². The van der Waals surface area contributed by atoms with Gasteiger partial charge < -0.3 is 19.4 Å². The van der Waals surface area contributed by atoms with E-state index in [-0.39, 0.29) is 63.0 Å². The Balaban J connectivity index is 0.879. The third-order valence-electron chi connectivity index (χ3n) is 22.1. The number of unbranched alkanes of at least 4 members (excludes halogenated alkanes) is 1. The van der Waals surface area contributed by atoms with Crippen LogP contribution in [-0.4, -0.2) is 52.0 Å². The van der Waals surface area contributed by atoms with Crippen molar-refractivity contribution in [1.29, 1.82) is 0 Å². The number of nitrogens with zero attached hydrogens (tertiary/aromatic N) is 2. The predicted octanol–water partition coefficient (Wildman–Crippen LogP) is 12.5. The van der Waals surface area contributed by atoms with Gasteiger partial charge in [-0.15, -0.1) is 0 Å². The van der Waals surface area contributed by atoms with Crippen molar-refractivity contribution in [2.24, 2.45) is 79.3 Å². The zero-order chi connectivity index (χ0) is 45.2. The third-order valence-corrected chi connectivity index (χ3v) is 22.1. The molecule has 8 nitrogen and oxygen atoms in total. The van der Waals surface area contributed by atoms with E-state index in [0.29, 0.717) is 53.9 Å². The van der Waals surface area contributed by atoms with Crippen molar-refractivity contribution in [3.63, 3.8) is 0 Å². The molecule has 1 aromatic heterocycles. The lowest BCUT2D eigenvalue weighted by Gasteiger charge is -2.73. The maximum Gasteiger partial charge on any atom is 0.309 e.